The molecular weight excluding hydrogens is 314 g/mol. The van der Waals surface area contributed by atoms with Crippen LogP contribution in [0.2, 0.25) is 0 Å². The van der Waals surface area contributed by atoms with Crippen molar-refractivity contribution in [3.8, 4) is 11.5 Å². The lowest BCUT2D eigenvalue weighted by Crippen LogP contribution is -2.23. The Kier molecular flexibility index (Phi) is 5.65. The van der Waals surface area contributed by atoms with Crippen molar-refractivity contribution >= 4 is 29.5 Å². The Bertz CT molecular complexity index is 733. The third kappa shape index (κ3) is 4.79. The number of nitrogens with two attached hydrogens (primary N) is 1. The minimum atomic E-state index is -0.458. The Morgan fingerprint density at radius 1 is 1.22 bits per heavy atom. The van der Waals surface area contributed by atoms with Crippen LogP contribution in [0.1, 0.15) is 15.9 Å². The van der Waals surface area contributed by atoms with Crippen molar-refractivity contribution in [3.63, 3.8) is 0 Å². The fourth-order valence-corrected chi connectivity index (χ4v) is 1.80. The number of methoxy groups -OCH3 is 1. The van der Waals surface area contributed by atoms with Gasteiger partial charge in [-0.05, 0) is 48.1 Å². The van der Waals surface area contributed by atoms with Crippen LogP contribution in [-0.4, -0.2) is 24.4 Å². The van der Waals surface area contributed by atoms with Gasteiger partial charge in [-0.2, -0.15) is 5.10 Å². The summed E-state index contributed by atoms with van der Waals surface area (Å²) in [4.78, 5) is 12.1. The maximum absolute atomic E-state index is 12.1. The van der Waals surface area contributed by atoms with Gasteiger partial charge in [-0.15, -0.1) is 0 Å². The predicted molar refractivity (Wildman–Crippen MR) is 91.9 cm³/mol. The molecule has 0 saturated heterocycles. The van der Waals surface area contributed by atoms with E-state index in [0.717, 1.165) is 5.56 Å². The summed E-state index contributed by atoms with van der Waals surface area (Å²) < 4.78 is 10.6. The molecule has 0 atom stereocenters. The van der Waals surface area contributed by atoms with Gasteiger partial charge in [-0.25, -0.2) is 4.79 Å². The molecule has 118 valence electrons. The summed E-state index contributed by atoms with van der Waals surface area (Å²) in [6.45, 7) is 0. The van der Waals surface area contributed by atoms with Crippen LogP contribution in [0.5, 0.6) is 11.5 Å². The number of rotatable bonds is 5. The van der Waals surface area contributed by atoms with Crippen LogP contribution >= 0.6 is 12.2 Å². The number of carbonyl (C=O) groups excluding carboxylic acids is 1. The molecule has 0 amide bonds. The first-order chi connectivity index (χ1) is 11.1. The Balaban J connectivity index is 2.15. The van der Waals surface area contributed by atoms with Crippen LogP contribution in [0.3, 0.4) is 0 Å². The molecule has 0 unspecified atom stereocenters. The average Bonchev–Trinajstić information content (AvgIpc) is 2.56. The molecule has 0 heterocycles. The number of thiocarbonyl (C=S) groups is 1. The van der Waals surface area contributed by atoms with Gasteiger partial charge in [0.05, 0.1) is 18.9 Å². The number of hydrogen-bond acceptors (Lipinski definition) is 5. The lowest BCUT2D eigenvalue weighted by atomic mass is 10.2. The summed E-state index contributed by atoms with van der Waals surface area (Å²) in [7, 11) is 1.49. The third-order valence-corrected chi connectivity index (χ3v) is 2.88. The Labute approximate surface area is 138 Å². The summed E-state index contributed by atoms with van der Waals surface area (Å²) in [5.74, 6) is 0.273. The highest BCUT2D eigenvalue weighted by molar-refractivity contribution is 7.80. The molecule has 3 N–H and O–H groups in total. The first kappa shape index (κ1) is 16.4. The average molecular weight is 329 g/mol. The molecule has 23 heavy (non-hydrogen) atoms. The number of benzene rings is 2. The van der Waals surface area contributed by atoms with Crippen LogP contribution in [0.15, 0.2) is 53.6 Å². The second-order valence-electron chi connectivity index (χ2n) is 4.40. The Morgan fingerprint density at radius 3 is 2.61 bits per heavy atom. The maximum atomic E-state index is 12.1. The number of ether oxygens (including phenoxy) is 2. The van der Waals surface area contributed by atoms with E-state index in [9.17, 15) is 4.79 Å². The van der Waals surface area contributed by atoms with Gasteiger partial charge in [-0.3, -0.25) is 5.43 Å². The molecule has 2 aromatic carbocycles. The van der Waals surface area contributed by atoms with E-state index < -0.39 is 5.97 Å². The molecule has 7 heteroatoms. The standard InChI is InChI=1S/C16H15N3O3S/c1-21-14-9-11(10-18-19-16(17)23)7-8-13(14)22-15(20)12-5-3-2-4-6-12/h2-10H,1H3,(H3,17,19,23)/b18-10+. The summed E-state index contributed by atoms with van der Waals surface area (Å²) in [6, 6.07) is 13.7. The Hall–Kier alpha value is -2.93. The minimum absolute atomic E-state index is 0.0710. The van der Waals surface area contributed by atoms with Crippen molar-refractivity contribution in [1.29, 1.82) is 0 Å². The topological polar surface area (TPSA) is 85.9 Å². The van der Waals surface area contributed by atoms with Crippen LogP contribution in [-0.2, 0) is 0 Å². The van der Waals surface area contributed by atoms with Crippen LogP contribution in [0.25, 0.3) is 0 Å². The van der Waals surface area contributed by atoms with Crippen molar-refractivity contribution in [2.45, 2.75) is 0 Å². The van der Waals surface area contributed by atoms with Crippen LogP contribution in [0.4, 0.5) is 0 Å². The number of hydrogen-bond donors (Lipinski definition) is 2. The SMILES string of the molecule is COc1cc(/C=N/NC(N)=S)ccc1OC(=O)c1ccccc1. The van der Waals surface area contributed by atoms with Crippen LogP contribution < -0.4 is 20.6 Å². The largest absolute Gasteiger partial charge is 0.493 e. The highest BCUT2D eigenvalue weighted by Gasteiger charge is 2.12. The van der Waals surface area contributed by atoms with E-state index in [1.165, 1.54) is 13.3 Å². The van der Waals surface area contributed by atoms with Gasteiger partial charge < -0.3 is 15.2 Å². The fraction of sp³-hybridized carbons (Fsp3) is 0.0625. The maximum Gasteiger partial charge on any atom is 0.343 e. The highest BCUT2D eigenvalue weighted by atomic mass is 32.1. The highest BCUT2D eigenvalue weighted by Crippen LogP contribution is 2.28. The molecule has 0 aliphatic heterocycles. The monoisotopic (exact) mass is 329 g/mol. The van der Waals surface area contributed by atoms with E-state index in [1.807, 2.05) is 6.07 Å². The lowest BCUT2D eigenvalue weighted by molar-refractivity contribution is 0.0729. The first-order valence-corrected chi connectivity index (χ1v) is 7.04. The normalized spacial score (nSPS) is 10.3. The minimum Gasteiger partial charge on any atom is -0.493 e. The van der Waals surface area contributed by atoms with E-state index in [1.54, 1.807) is 42.5 Å². The van der Waals surface area contributed by atoms with Crippen molar-refractivity contribution in [2.75, 3.05) is 7.11 Å². The van der Waals surface area contributed by atoms with Crippen molar-refractivity contribution in [2.24, 2.45) is 10.8 Å². The van der Waals surface area contributed by atoms with E-state index in [0.29, 0.717) is 17.1 Å². The van der Waals surface area contributed by atoms with Crippen molar-refractivity contribution in [3.05, 3.63) is 59.7 Å². The van der Waals surface area contributed by atoms with Gasteiger partial charge in [0.2, 0.25) is 0 Å². The zero-order chi connectivity index (χ0) is 16.7. The van der Waals surface area contributed by atoms with Crippen LogP contribution in [0, 0.1) is 0 Å². The van der Waals surface area contributed by atoms with E-state index >= 15 is 0 Å². The number of hydrazone groups is 1. The van der Waals surface area contributed by atoms with Gasteiger partial charge in [0.25, 0.3) is 0 Å². The summed E-state index contributed by atoms with van der Waals surface area (Å²) >= 11 is 4.64. The van der Waals surface area contributed by atoms with E-state index in [-0.39, 0.29) is 5.11 Å². The predicted octanol–water partition coefficient (Wildman–Crippen LogP) is 2.08. The number of nitrogens with one attached hydrogen (secondary N) is 1. The van der Waals surface area contributed by atoms with Crippen molar-refractivity contribution in [1.82, 2.24) is 5.43 Å². The number of esters is 1. The summed E-state index contributed by atoms with van der Waals surface area (Å²) in [6.07, 6.45) is 1.52. The molecule has 2 rings (SSSR count). The molecule has 2 aromatic rings. The van der Waals surface area contributed by atoms with E-state index in [2.05, 4.69) is 22.7 Å². The summed E-state index contributed by atoms with van der Waals surface area (Å²) in [5.41, 5.74) is 8.91. The Morgan fingerprint density at radius 2 is 1.96 bits per heavy atom. The molecule has 0 bridgehead atoms. The lowest BCUT2D eigenvalue weighted by Gasteiger charge is -2.09. The number of nitrogens with zero attached hydrogens (tertiary/aromatic N) is 1. The molecule has 0 spiro atoms. The molecule has 0 aliphatic rings. The van der Waals surface area contributed by atoms with Gasteiger partial charge in [0, 0.05) is 0 Å². The number of carbonyl (C=O) groups is 1. The molecule has 0 saturated carbocycles. The van der Waals surface area contributed by atoms with E-state index in [4.69, 9.17) is 15.2 Å². The summed E-state index contributed by atoms with van der Waals surface area (Å²) in [5, 5.41) is 3.92. The third-order valence-electron chi connectivity index (χ3n) is 2.79. The molecule has 0 radical (unpaired) electrons. The molecule has 0 fully saturated rings. The second-order valence-corrected chi connectivity index (χ2v) is 4.84. The molecular formula is C16H15N3O3S. The smallest absolute Gasteiger partial charge is 0.343 e. The van der Waals surface area contributed by atoms with Crippen molar-refractivity contribution < 1.29 is 14.3 Å². The molecule has 0 aromatic heterocycles. The van der Waals surface area contributed by atoms with Gasteiger partial charge in [0.15, 0.2) is 16.6 Å². The second kappa shape index (κ2) is 7.90. The fourth-order valence-electron chi connectivity index (χ4n) is 1.75. The quantitative estimate of drug-likeness (QED) is 0.287. The molecule has 6 nitrogen and oxygen atoms in total. The van der Waals surface area contributed by atoms with Gasteiger partial charge in [0.1, 0.15) is 0 Å². The molecule has 0 aliphatic carbocycles. The zero-order valence-corrected chi connectivity index (χ0v) is 13.2. The van der Waals surface area contributed by atoms with Gasteiger partial charge >= 0.3 is 5.97 Å². The van der Waals surface area contributed by atoms with Gasteiger partial charge in [-0.1, -0.05) is 18.2 Å². The first-order valence-electron chi connectivity index (χ1n) is 6.64. The zero-order valence-electron chi connectivity index (χ0n) is 12.4.